The van der Waals surface area contributed by atoms with E-state index in [4.69, 9.17) is 14.2 Å². The number of benzene rings is 2. The van der Waals surface area contributed by atoms with Gasteiger partial charge in [-0.05, 0) is 18.2 Å². The number of fused-ring (bicyclic) bond motifs is 5. The minimum Gasteiger partial charge on any atom is -0.508 e. The van der Waals surface area contributed by atoms with Crippen LogP contribution < -0.4 is 19.5 Å². The van der Waals surface area contributed by atoms with E-state index < -0.39 is 11.4 Å². The predicted molar refractivity (Wildman–Crippen MR) is 80.4 cm³/mol. The van der Waals surface area contributed by atoms with Crippen molar-refractivity contribution >= 4 is 11.7 Å². The zero-order valence-corrected chi connectivity index (χ0v) is 12.1. The van der Waals surface area contributed by atoms with Gasteiger partial charge in [0.2, 0.25) is 0 Å². The number of phenolic OH excluding ortho intramolecular Hbond substituents is 1. The van der Waals surface area contributed by atoms with Crippen LogP contribution in [0.4, 0.5) is 5.69 Å². The maximum Gasteiger partial charge on any atom is 0.349 e. The Kier molecular flexibility index (Phi) is 2.25. The van der Waals surface area contributed by atoms with E-state index >= 15 is 0 Å². The second kappa shape index (κ2) is 4.10. The monoisotopic (exact) mass is 311 g/mol. The summed E-state index contributed by atoms with van der Waals surface area (Å²) in [5.74, 6) is 1.41. The van der Waals surface area contributed by atoms with Gasteiger partial charge in [-0.3, -0.25) is 0 Å². The van der Waals surface area contributed by atoms with E-state index in [0.717, 1.165) is 16.8 Å². The lowest BCUT2D eigenvalue weighted by molar-refractivity contribution is -0.138. The van der Waals surface area contributed by atoms with Crippen molar-refractivity contribution in [3.63, 3.8) is 0 Å². The van der Waals surface area contributed by atoms with Gasteiger partial charge in [0.05, 0.1) is 5.41 Å². The molecule has 2 N–H and O–H groups in total. The van der Waals surface area contributed by atoms with Crippen molar-refractivity contribution < 1.29 is 24.1 Å². The fourth-order valence-corrected chi connectivity index (χ4v) is 3.67. The fraction of sp³-hybridized carbons (Fsp3) is 0.235. The number of rotatable bonds is 0. The average molecular weight is 311 g/mol. The molecule has 6 heteroatoms. The quantitative estimate of drug-likeness (QED) is 0.570. The molecule has 0 saturated carbocycles. The zero-order chi connectivity index (χ0) is 15.6. The molecule has 116 valence electrons. The number of hydrogen-bond donors (Lipinski definition) is 2. The first kappa shape index (κ1) is 12.6. The average Bonchev–Trinajstić information content (AvgIpc) is 3.09. The maximum absolute atomic E-state index is 11.5. The smallest absolute Gasteiger partial charge is 0.349 e. The SMILES string of the molecule is O=C1COc2cc3c(cc2O1)C1(CNc2cccc(O)c21)CO3. The van der Waals surface area contributed by atoms with E-state index in [9.17, 15) is 9.90 Å². The van der Waals surface area contributed by atoms with Crippen LogP contribution in [0.1, 0.15) is 11.1 Å². The molecular formula is C17H13NO5. The Balaban J connectivity index is 1.72. The summed E-state index contributed by atoms with van der Waals surface area (Å²) in [6.45, 7) is 0.930. The van der Waals surface area contributed by atoms with Gasteiger partial charge in [0.1, 0.15) is 18.1 Å². The van der Waals surface area contributed by atoms with Gasteiger partial charge in [-0.25, -0.2) is 4.79 Å². The summed E-state index contributed by atoms with van der Waals surface area (Å²) >= 11 is 0. The van der Waals surface area contributed by atoms with Gasteiger partial charge in [-0.2, -0.15) is 0 Å². The Labute approximate surface area is 131 Å². The van der Waals surface area contributed by atoms with Gasteiger partial charge in [0, 0.05) is 29.4 Å². The van der Waals surface area contributed by atoms with Crippen molar-refractivity contribution in [2.45, 2.75) is 5.41 Å². The standard InChI is InChI=1S/C17H13NO5/c19-11-3-1-2-10-16(11)17(7-18-10)8-22-12-5-13-14(4-9(12)17)23-15(20)6-21-13/h1-5,18-19H,6-8H2. The van der Waals surface area contributed by atoms with E-state index in [0.29, 0.717) is 30.4 Å². The topological polar surface area (TPSA) is 77.0 Å². The number of anilines is 1. The van der Waals surface area contributed by atoms with Crippen LogP contribution in [0.2, 0.25) is 0 Å². The summed E-state index contributed by atoms with van der Waals surface area (Å²) in [5, 5.41) is 13.7. The van der Waals surface area contributed by atoms with Crippen LogP contribution in [0.25, 0.3) is 0 Å². The number of carbonyl (C=O) groups is 1. The van der Waals surface area contributed by atoms with E-state index in [-0.39, 0.29) is 12.4 Å². The number of phenols is 1. The summed E-state index contributed by atoms with van der Waals surface area (Å²) in [5.41, 5.74) is 2.12. The number of esters is 1. The third kappa shape index (κ3) is 1.55. The highest BCUT2D eigenvalue weighted by Gasteiger charge is 2.49. The van der Waals surface area contributed by atoms with Crippen molar-refractivity contribution in [1.82, 2.24) is 0 Å². The lowest BCUT2D eigenvalue weighted by Gasteiger charge is -2.24. The van der Waals surface area contributed by atoms with E-state index in [1.807, 2.05) is 6.07 Å². The fourth-order valence-electron chi connectivity index (χ4n) is 3.67. The second-order valence-corrected chi connectivity index (χ2v) is 5.98. The van der Waals surface area contributed by atoms with Crippen molar-refractivity contribution in [1.29, 1.82) is 0 Å². The Hall–Kier alpha value is -2.89. The third-order valence-corrected chi connectivity index (χ3v) is 4.71. The first-order valence-corrected chi connectivity index (χ1v) is 7.38. The van der Waals surface area contributed by atoms with Crippen LogP contribution >= 0.6 is 0 Å². The molecule has 1 spiro atoms. The van der Waals surface area contributed by atoms with E-state index in [2.05, 4.69) is 5.32 Å². The molecule has 0 fully saturated rings. The number of ether oxygens (including phenoxy) is 3. The minimum absolute atomic E-state index is 0.0951. The Morgan fingerprint density at radius 3 is 2.96 bits per heavy atom. The normalized spacial score (nSPS) is 23.2. The van der Waals surface area contributed by atoms with E-state index in [1.165, 1.54) is 0 Å². The minimum atomic E-state index is -0.491. The van der Waals surface area contributed by atoms with Gasteiger partial charge >= 0.3 is 5.97 Å². The molecule has 0 saturated heterocycles. The molecule has 2 aromatic rings. The van der Waals surface area contributed by atoms with Gasteiger partial charge < -0.3 is 24.6 Å². The van der Waals surface area contributed by atoms with Crippen LogP contribution in [-0.2, 0) is 10.2 Å². The summed E-state index contributed by atoms with van der Waals surface area (Å²) in [6, 6.07) is 8.96. The zero-order valence-electron chi connectivity index (χ0n) is 12.1. The van der Waals surface area contributed by atoms with Gasteiger partial charge in [-0.1, -0.05) is 6.07 Å². The lowest BCUT2D eigenvalue weighted by Crippen LogP contribution is -2.32. The molecule has 3 aliphatic rings. The summed E-state index contributed by atoms with van der Waals surface area (Å²) in [6.07, 6.45) is 0. The molecule has 3 aliphatic heterocycles. The molecule has 0 bridgehead atoms. The summed E-state index contributed by atoms with van der Waals surface area (Å²) < 4.78 is 16.5. The Morgan fingerprint density at radius 1 is 1.13 bits per heavy atom. The molecule has 2 aromatic carbocycles. The molecule has 5 rings (SSSR count). The molecule has 6 nitrogen and oxygen atoms in total. The molecule has 1 atom stereocenters. The summed E-state index contributed by atoms with van der Waals surface area (Å²) in [7, 11) is 0. The molecule has 3 heterocycles. The van der Waals surface area contributed by atoms with Crippen molar-refractivity contribution in [3.05, 3.63) is 41.5 Å². The predicted octanol–water partition coefficient (Wildman–Crippen LogP) is 1.79. The second-order valence-electron chi connectivity index (χ2n) is 5.98. The highest BCUT2D eigenvalue weighted by atomic mass is 16.6. The van der Waals surface area contributed by atoms with Gasteiger partial charge in [0.15, 0.2) is 18.1 Å². The molecule has 1 unspecified atom stereocenters. The van der Waals surface area contributed by atoms with Gasteiger partial charge in [-0.15, -0.1) is 0 Å². The van der Waals surface area contributed by atoms with Crippen molar-refractivity contribution in [3.8, 4) is 23.0 Å². The number of nitrogens with one attached hydrogen (secondary N) is 1. The van der Waals surface area contributed by atoms with Gasteiger partial charge in [0.25, 0.3) is 0 Å². The van der Waals surface area contributed by atoms with Crippen molar-refractivity contribution in [2.75, 3.05) is 25.1 Å². The van der Waals surface area contributed by atoms with Crippen LogP contribution in [0.3, 0.4) is 0 Å². The van der Waals surface area contributed by atoms with E-state index in [1.54, 1.807) is 24.3 Å². The Morgan fingerprint density at radius 2 is 2.04 bits per heavy atom. The molecule has 0 aromatic heterocycles. The number of hydrogen-bond acceptors (Lipinski definition) is 6. The first-order valence-electron chi connectivity index (χ1n) is 7.38. The lowest BCUT2D eigenvalue weighted by atomic mass is 9.77. The largest absolute Gasteiger partial charge is 0.508 e. The summed E-state index contributed by atoms with van der Waals surface area (Å²) in [4.78, 5) is 11.5. The molecule has 23 heavy (non-hydrogen) atoms. The molecular weight excluding hydrogens is 298 g/mol. The Bertz CT molecular complexity index is 862. The molecule has 0 amide bonds. The van der Waals surface area contributed by atoms with Crippen LogP contribution in [-0.4, -0.2) is 30.8 Å². The van der Waals surface area contributed by atoms with Crippen LogP contribution in [0.15, 0.2) is 30.3 Å². The highest BCUT2D eigenvalue weighted by molar-refractivity contribution is 5.78. The molecule has 0 aliphatic carbocycles. The van der Waals surface area contributed by atoms with Crippen LogP contribution in [0, 0.1) is 0 Å². The third-order valence-electron chi connectivity index (χ3n) is 4.71. The number of aromatic hydroxyl groups is 1. The molecule has 0 radical (unpaired) electrons. The van der Waals surface area contributed by atoms with Crippen molar-refractivity contribution in [2.24, 2.45) is 0 Å². The number of carbonyl (C=O) groups excluding carboxylic acids is 1. The maximum atomic E-state index is 11.5. The van der Waals surface area contributed by atoms with Crippen LogP contribution in [0.5, 0.6) is 23.0 Å². The highest BCUT2D eigenvalue weighted by Crippen LogP contribution is 2.54. The first-order chi connectivity index (χ1) is 11.2.